The van der Waals surface area contributed by atoms with Gasteiger partial charge in [-0.15, -0.1) is 10.2 Å². The number of carbonyl (C=O) groups is 1. The van der Waals surface area contributed by atoms with Gasteiger partial charge in [-0.3, -0.25) is 4.79 Å². The predicted molar refractivity (Wildman–Crippen MR) is 100 cm³/mol. The Labute approximate surface area is 158 Å². The summed E-state index contributed by atoms with van der Waals surface area (Å²) >= 11 is 0. The van der Waals surface area contributed by atoms with Crippen molar-refractivity contribution in [2.45, 2.75) is 12.5 Å². The van der Waals surface area contributed by atoms with Gasteiger partial charge in [0.1, 0.15) is 6.10 Å². The van der Waals surface area contributed by atoms with E-state index >= 15 is 0 Å². The Kier molecular flexibility index (Phi) is 5.95. The maximum absolute atomic E-state index is 12.4. The Morgan fingerprint density at radius 2 is 1.96 bits per heavy atom. The van der Waals surface area contributed by atoms with Crippen molar-refractivity contribution in [3.8, 4) is 17.4 Å². The molecule has 1 atom stereocenters. The van der Waals surface area contributed by atoms with E-state index in [2.05, 4.69) is 10.2 Å². The molecule has 0 aliphatic carbocycles. The third-order valence-electron chi connectivity index (χ3n) is 4.29. The van der Waals surface area contributed by atoms with Crippen LogP contribution < -0.4 is 19.1 Å². The van der Waals surface area contributed by atoms with Crippen LogP contribution in [-0.4, -0.2) is 68.0 Å². The number of hydrogen-bond acceptors (Lipinski definition) is 7. The van der Waals surface area contributed by atoms with Crippen LogP contribution in [0, 0.1) is 0 Å². The summed E-state index contributed by atoms with van der Waals surface area (Å²) in [4.78, 5) is 16.0. The molecule has 1 aliphatic rings. The molecule has 3 rings (SSSR count). The molecule has 2 aromatic rings. The number of hydrogen-bond donors (Lipinski definition) is 0. The molecule has 2 heterocycles. The number of methoxy groups -OCH3 is 1. The first-order valence-corrected chi connectivity index (χ1v) is 8.78. The lowest BCUT2D eigenvalue weighted by atomic mass is 10.3. The van der Waals surface area contributed by atoms with Crippen molar-refractivity contribution in [2.75, 3.05) is 45.8 Å². The van der Waals surface area contributed by atoms with Gasteiger partial charge in [-0.1, -0.05) is 12.1 Å². The molecule has 1 saturated heterocycles. The van der Waals surface area contributed by atoms with Crippen LogP contribution in [0.3, 0.4) is 0 Å². The molecular formula is C19H24N4O4. The molecule has 1 fully saturated rings. The van der Waals surface area contributed by atoms with Crippen LogP contribution in [0.15, 0.2) is 36.4 Å². The number of aromatic nitrogens is 2. The maximum Gasteiger partial charge on any atom is 0.260 e. The lowest BCUT2D eigenvalue weighted by Gasteiger charge is -2.18. The normalized spacial score (nSPS) is 16.1. The van der Waals surface area contributed by atoms with Crippen LogP contribution in [0.2, 0.25) is 0 Å². The van der Waals surface area contributed by atoms with Crippen molar-refractivity contribution in [1.82, 2.24) is 15.1 Å². The van der Waals surface area contributed by atoms with E-state index in [1.54, 1.807) is 30.2 Å². The summed E-state index contributed by atoms with van der Waals surface area (Å²) in [7, 11) is 5.37. The molecule has 0 radical (unpaired) electrons. The summed E-state index contributed by atoms with van der Waals surface area (Å²) < 4.78 is 16.7. The number of amides is 1. The van der Waals surface area contributed by atoms with E-state index in [0.29, 0.717) is 30.5 Å². The summed E-state index contributed by atoms with van der Waals surface area (Å²) in [5.41, 5.74) is 0. The van der Waals surface area contributed by atoms with Gasteiger partial charge in [-0.05, 0) is 18.2 Å². The van der Waals surface area contributed by atoms with Crippen LogP contribution in [0.4, 0.5) is 5.82 Å². The quantitative estimate of drug-likeness (QED) is 0.731. The SMILES string of the molecule is COc1ccccc1OCC(=O)N1CCC(Oc2ccc(N(C)C)nn2)C1. The highest BCUT2D eigenvalue weighted by molar-refractivity contribution is 5.78. The largest absolute Gasteiger partial charge is 0.493 e. The summed E-state index contributed by atoms with van der Waals surface area (Å²) in [6.45, 7) is 1.09. The minimum absolute atomic E-state index is 0.0373. The fraction of sp³-hybridized carbons (Fsp3) is 0.421. The molecule has 1 aromatic carbocycles. The van der Waals surface area contributed by atoms with E-state index in [9.17, 15) is 4.79 Å². The van der Waals surface area contributed by atoms with E-state index in [4.69, 9.17) is 14.2 Å². The zero-order chi connectivity index (χ0) is 19.2. The smallest absolute Gasteiger partial charge is 0.260 e. The van der Waals surface area contributed by atoms with E-state index in [0.717, 1.165) is 12.2 Å². The fourth-order valence-corrected chi connectivity index (χ4v) is 2.80. The molecular weight excluding hydrogens is 348 g/mol. The number of carbonyl (C=O) groups excluding carboxylic acids is 1. The summed E-state index contributed by atoms with van der Waals surface area (Å²) in [6.07, 6.45) is 0.650. The van der Waals surface area contributed by atoms with Crippen molar-refractivity contribution >= 4 is 11.7 Å². The highest BCUT2D eigenvalue weighted by Crippen LogP contribution is 2.26. The molecule has 8 heteroatoms. The van der Waals surface area contributed by atoms with Crippen LogP contribution >= 0.6 is 0 Å². The first kappa shape index (κ1) is 18.8. The van der Waals surface area contributed by atoms with Crippen LogP contribution in [0.5, 0.6) is 17.4 Å². The van der Waals surface area contributed by atoms with Crippen molar-refractivity contribution < 1.29 is 19.0 Å². The highest BCUT2D eigenvalue weighted by Gasteiger charge is 2.28. The van der Waals surface area contributed by atoms with E-state index in [1.165, 1.54) is 0 Å². The van der Waals surface area contributed by atoms with Gasteiger partial charge in [0.15, 0.2) is 23.9 Å². The number of nitrogens with zero attached hydrogens (tertiary/aromatic N) is 4. The topological polar surface area (TPSA) is 77.0 Å². The van der Waals surface area contributed by atoms with Crippen molar-refractivity contribution in [3.63, 3.8) is 0 Å². The number of likely N-dealkylation sites (tertiary alicyclic amines) is 1. The Morgan fingerprint density at radius 3 is 2.63 bits per heavy atom. The molecule has 1 unspecified atom stereocenters. The molecule has 1 amide bonds. The highest BCUT2D eigenvalue weighted by atomic mass is 16.5. The van der Waals surface area contributed by atoms with Gasteiger partial charge in [-0.2, -0.15) is 0 Å². The summed E-state index contributed by atoms with van der Waals surface area (Å²) in [5, 5.41) is 8.16. The lowest BCUT2D eigenvalue weighted by molar-refractivity contribution is -0.132. The monoisotopic (exact) mass is 372 g/mol. The van der Waals surface area contributed by atoms with Gasteiger partial charge < -0.3 is 24.0 Å². The molecule has 0 N–H and O–H groups in total. The summed E-state index contributed by atoms with van der Waals surface area (Å²) in [5.74, 6) is 2.30. The molecule has 27 heavy (non-hydrogen) atoms. The molecule has 1 aliphatic heterocycles. The van der Waals surface area contributed by atoms with Crippen molar-refractivity contribution in [1.29, 1.82) is 0 Å². The average molecular weight is 372 g/mol. The number of anilines is 1. The third-order valence-corrected chi connectivity index (χ3v) is 4.29. The second-order valence-electron chi connectivity index (χ2n) is 6.43. The standard InChI is InChI=1S/C19H24N4O4/c1-22(2)17-8-9-18(21-20-17)27-14-10-11-23(12-14)19(24)13-26-16-7-5-4-6-15(16)25-3/h4-9,14H,10-13H2,1-3H3. The van der Waals surface area contributed by atoms with Gasteiger partial charge >= 0.3 is 0 Å². The predicted octanol–water partition coefficient (Wildman–Crippen LogP) is 1.61. The first-order chi connectivity index (χ1) is 13.1. The van der Waals surface area contributed by atoms with Gasteiger partial charge in [0.25, 0.3) is 5.91 Å². The van der Waals surface area contributed by atoms with E-state index in [-0.39, 0.29) is 18.6 Å². The second-order valence-corrected chi connectivity index (χ2v) is 6.43. The molecule has 0 bridgehead atoms. The van der Waals surface area contributed by atoms with Crippen molar-refractivity contribution in [3.05, 3.63) is 36.4 Å². The van der Waals surface area contributed by atoms with Gasteiger partial charge in [0.2, 0.25) is 5.88 Å². The van der Waals surface area contributed by atoms with Crippen LogP contribution in [0.1, 0.15) is 6.42 Å². The molecule has 0 spiro atoms. The number of rotatable bonds is 7. The zero-order valence-corrected chi connectivity index (χ0v) is 15.8. The fourth-order valence-electron chi connectivity index (χ4n) is 2.80. The molecule has 1 aromatic heterocycles. The Hall–Kier alpha value is -3.03. The molecule has 144 valence electrons. The molecule has 8 nitrogen and oxygen atoms in total. The van der Waals surface area contributed by atoms with Crippen LogP contribution in [-0.2, 0) is 4.79 Å². The van der Waals surface area contributed by atoms with Crippen LogP contribution in [0.25, 0.3) is 0 Å². The average Bonchev–Trinajstić information content (AvgIpc) is 3.15. The van der Waals surface area contributed by atoms with E-state index < -0.39 is 0 Å². The minimum Gasteiger partial charge on any atom is -0.493 e. The third kappa shape index (κ3) is 4.78. The van der Waals surface area contributed by atoms with Crippen molar-refractivity contribution in [2.24, 2.45) is 0 Å². The first-order valence-electron chi connectivity index (χ1n) is 8.78. The van der Waals surface area contributed by atoms with Gasteiger partial charge in [0, 0.05) is 33.1 Å². The zero-order valence-electron chi connectivity index (χ0n) is 15.8. The number of para-hydroxylation sites is 2. The summed E-state index contributed by atoms with van der Waals surface area (Å²) in [6, 6.07) is 10.9. The lowest BCUT2D eigenvalue weighted by Crippen LogP contribution is -2.34. The maximum atomic E-state index is 12.4. The Bertz CT molecular complexity index is 767. The number of ether oxygens (including phenoxy) is 3. The Balaban J connectivity index is 1.49. The number of benzene rings is 1. The Morgan fingerprint density at radius 1 is 1.19 bits per heavy atom. The van der Waals surface area contributed by atoms with Gasteiger partial charge in [0.05, 0.1) is 13.7 Å². The van der Waals surface area contributed by atoms with Gasteiger partial charge in [-0.25, -0.2) is 0 Å². The minimum atomic E-state index is -0.0975. The molecule has 0 saturated carbocycles. The second kappa shape index (κ2) is 8.57. The van der Waals surface area contributed by atoms with E-state index in [1.807, 2.05) is 37.2 Å².